The molecule has 6 nitrogen and oxygen atoms in total. The van der Waals surface area contributed by atoms with Crippen LogP contribution in [0.1, 0.15) is 41.5 Å². The van der Waals surface area contributed by atoms with Gasteiger partial charge in [-0.15, -0.1) is 10.2 Å². The molecular formula is C21H30ClNO5. The molecule has 0 atom stereocenters. The minimum absolute atomic E-state index is 0.0143. The first-order chi connectivity index (χ1) is 12.5. The van der Waals surface area contributed by atoms with E-state index in [9.17, 15) is 0 Å². The Labute approximate surface area is 169 Å². The molecule has 0 N–H and O–H groups in total. The Kier molecular flexibility index (Phi) is 7.61. The minimum Gasteiger partial charge on any atom is -0.465 e. The predicted molar refractivity (Wildman–Crippen MR) is 98.6 cm³/mol. The second-order valence-corrected chi connectivity index (χ2v) is 9.65. The molecule has 1 aliphatic carbocycles. The van der Waals surface area contributed by atoms with E-state index >= 15 is 0 Å². The fraction of sp³-hybridized carbons (Fsp3) is 0.476. The summed E-state index contributed by atoms with van der Waals surface area (Å²) in [7, 11) is -0.822. The van der Waals surface area contributed by atoms with E-state index in [-0.39, 0.29) is 10.8 Å². The fourth-order valence-corrected chi connectivity index (χ4v) is 2.36. The number of ether oxygens (including phenoxy) is 1. The normalized spacial score (nSPS) is 17.5. The molecule has 0 aromatic carbocycles. The summed E-state index contributed by atoms with van der Waals surface area (Å²) < 4.78 is 42.3. The van der Waals surface area contributed by atoms with Crippen LogP contribution in [0.15, 0.2) is 59.1 Å². The van der Waals surface area contributed by atoms with Crippen LogP contribution in [0.4, 0.5) is 0 Å². The van der Waals surface area contributed by atoms with Gasteiger partial charge in [0.25, 0.3) is 0 Å². The zero-order chi connectivity index (χ0) is 21.9. The number of hydrogen-bond acceptors (Lipinski definition) is 5. The van der Waals surface area contributed by atoms with Crippen molar-refractivity contribution < 1.29 is 38.2 Å². The third-order valence-corrected chi connectivity index (χ3v) is 3.99. The molecule has 0 aromatic rings. The van der Waals surface area contributed by atoms with Crippen LogP contribution in [0.5, 0.6) is 0 Å². The van der Waals surface area contributed by atoms with Crippen LogP contribution in [0.25, 0.3) is 0 Å². The summed E-state index contributed by atoms with van der Waals surface area (Å²) in [4.78, 5) is 0. The summed E-state index contributed by atoms with van der Waals surface area (Å²) in [5.74, 6) is 2.05. The average Bonchev–Trinajstić information content (AvgIpc) is 2.51. The van der Waals surface area contributed by atoms with Gasteiger partial charge in [0.1, 0.15) is 25.6 Å². The Hall–Kier alpha value is -1.70. The molecule has 7 heteroatoms. The van der Waals surface area contributed by atoms with E-state index in [2.05, 4.69) is 96.7 Å². The Morgan fingerprint density at radius 3 is 1.36 bits per heavy atom. The Bertz CT molecular complexity index is 719. The van der Waals surface area contributed by atoms with Gasteiger partial charge in [-0.25, -0.2) is 23.2 Å². The molecule has 0 amide bonds. The number of nitrogens with zero attached hydrogens (tertiary/aromatic N) is 1. The van der Waals surface area contributed by atoms with Crippen molar-refractivity contribution in [1.29, 1.82) is 0 Å². The zero-order valence-electron chi connectivity index (χ0n) is 17.8. The standard InChI is InChI=1S/C21H30NO.ClHO4/c1-20(2,3)18-13-16(14-19(23-18)21(4,5)6)15-9-11-17(12-10-15)22(7)8;2-1(3,4)5/h9-14H,1-8H3;(H,2,3,4,5)/q+1;/p-1. The molecule has 0 aromatic heterocycles. The fourth-order valence-electron chi connectivity index (χ4n) is 2.36. The third kappa shape index (κ3) is 8.12. The van der Waals surface area contributed by atoms with Gasteiger partial charge in [-0.1, -0.05) is 41.5 Å². The lowest BCUT2D eigenvalue weighted by molar-refractivity contribution is -2.00. The highest BCUT2D eigenvalue weighted by molar-refractivity contribution is 6.02. The largest absolute Gasteiger partial charge is 0.465 e. The van der Waals surface area contributed by atoms with E-state index in [1.54, 1.807) is 0 Å². The second-order valence-electron chi connectivity index (χ2n) is 8.89. The number of rotatable bonds is 0. The average molecular weight is 412 g/mol. The van der Waals surface area contributed by atoms with Gasteiger partial charge < -0.3 is 4.74 Å². The molecule has 0 bridgehead atoms. The highest BCUT2D eigenvalue weighted by Gasteiger charge is 2.29. The number of allylic oxidation sites excluding steroid dienone is 10. The molecule has 1 aliphatic heterocycles. The van der Waals surface area contributed by atoms with Gasteiger partial charge >= 0.3 is 0 Å². The van der Waals surface area contributed by atoms with Crippen molar-refractivity contribution in [3.63, 3.8) is 0 Å². The summed E-state index contributed by atoms with van der Waals surface area (Å²) in [5.41, 5.74) is 3.62. The van der Waals surface area contributed by atoms with Crippen molar-refractivity contribution in [2.24, 2.45) is 10.8 Å². The molecule has 1 heterocycles. The quantitative estimate of drug-likeness (QED) is 0.531. The lowest BCUT2D eigenvalue weighted by Crippen LogP contribution is -2.68. The SMILES string of the molecule is C[N+](C)=C1C=CC(=C2C=C(C(C)(C)C)OC(C(C)(C)C)=C2)C=C1.[O-][Cl+3]([O-])([O-])[O-]. The molecule has 28 heavy (non-hydrogen) atoms. The first kappa shape index (κ1) is 24.3. The highest BCUT2D eigenvalue weighted by atomic mass is 35.7. The minimum atomic E-state index is -4.94. The molecule has 156 valence electrons. The van der Waals surface area contributed by atoms with Crippen molar-refractivity contribution in [3.8, 4) is 0 Å². The van der Waals surface area contributed by atoms with Gasteiger partial charge in [0.15, 0.2) is 5.71 Å². The van der Waals surface area contributed by atoms with Crippen molar-refractivity contribution in [1.82, 2.24) is 0 Å². The van der Waals surface area contributed by atoms with E-state index < -0.39 is 10.2 Å². The van der Waals surface area contributed by atoms with Gasteiger partial charge in [-0.3, -0.25) is 0 Å². The molecule has 0 spiro atoms. The second kappa shape index (κ2) is 8.76. The van der Waals surface area contributed by atoms with Crippen LogP contribution < -0.4 is 18.6 Å². The van der Waals surface area contributed by atoms with Crippen LogP contribution in [0, 0.1) is 21.1 Å². The summed E-state index contributed by atoms with van der Waals surface area (Å²) >= 11 is 0. The monoisotopic (exact) mass is 411 g/mol. The molecule has 2 rings (SSSR count). The van der Waals surface area contributed by atoms with E-state index in [4.69, 9.17) is 23.4 Å². The Morgan fingerprint density at radius 1 is 0.714 bits per heavy atom. The van der Waals surface area contributed by atoms with E-state index in [1.165, 1.54) is 16.9 Å². The van der Waals surface area contributed by atoms with Gasteiger partial charge in [-0.05, 0) is 35.5 Å². The van der Waals surface area contributed by atoms with Gasteiger partial charge in [0.2, 0.25) is 0 Å². The predicted octanol–water partition coefficient (Wildman–Crippen LogP) is 0.256. The summed E-state index contributed by atoms with van der Waals surface area (Å²) in [5, 5.41) is 0. The van der Waals surface area contributed by atoms with Crippen molar-refractivity contribution in [2.45, 2.75) is 41.5 Å². The molecule has 0 saturated carbocycles. The lowest BCUT2D eigenvalue weighted by atomic mass is 9.86. The summed E-state index contributed by atoms with van der Waals surface area (Å²) in [6.45, 7) is 13.1. The summed E-state index contributed by atoms with van der Waals surface area (Å²) in [6, 6.07) is 0. The molecule has 0 fully saturated rings. The van der Waals surface area contributed by atoms with Crippen molar-refractivity contribution >= 4 is 5.71 Å². The van der Waals surface area contributed by atoms with E-state index in [1.807, 2.05) is 0 Å². The van der Waals surface area contributed by atoms with Gasteiger partial charge in [-0.2, -0.15) is 0 Å². The molecule has 0 unspecified atom stereocenters. The van der Waals surface area contributed by atoms with E-state index in [0.717, 1.165) is 11.5 Å². The van der Waals surface area contributed by atoms with Crippen LogP contribution >= 0.6 is 0 Å². The Morgan fingerprint density at radius 2 is 1.07 bits per heavy atom. The number of halogens is 1. The molecular weight excluding hydrogens is 382 g/mol. The van der Waals surface area contributed by atoms with Crippen LogP contribution in [-0.4, -0.2) is 24.4 Å². The smallest absolute Gasteiger partial charge is 0.199 e. The summed E-state index contributed by atoms with van der Waals surface area (Å²) in [6.07, 6.45) is 13.0. The van der Waals surface area contributed by atoms with E-state index in [0.29, 0.717) is 0 Å². The lowest BCUT2D eigenvalue weighted by Gasteiger charge is -2.33. The highest BCUT2D eigenvalue weighted by Crippen LogP contribution is 2.39. The third-order valence-electron chi connectivity index (χ3n) is 3.99. The maximum Gasteiger partial charge on any atom is 0.199 e. The van der Waals surface area contributed by atoms with Gasteiger partial charge in [0.05, 0.1) is 0 Å². The molecule has 2 aliphatic rings. The Balaban J connectivity index is 0.000000696. The van der Waals surface area contributed by atoms with Gasteiger partial charge in [0, 0.05) is 23.0 Å². The van der Waals surface area contributed by atoms with Crippen LogP contribution in [0.2, 0.25) is 0 Å². The first-order valence-electron chi connectivity index (χ1n) is 8.87. The van der Waals surface area contributed by atoms with Crippen LogP contribution in [-0.2, 0) is 4.74 Å². The van der Waals surface area contributed by atoms with Crippen LogP contribution in [0.3, 0.4) is 0 Å². The number of hydrogen-bond donors (Lipinski definition) is 0. The molecule has 0 radical (unpaired) electrons. The zero-order valence-corrected chi connectivity index (χ0v) is 18.6. The maximum absolute atomic E-state index is 8.49. The van der Waals surface area contributed by atoms with Crippen molar-refractivity contribution in [3.05, 3.63) is 59.1 Å². The first-order valence-corrected chi connectivity index (χ1v) is 10.1. The van der Waals surface area contributed by atoms with Crippen molar-refractivity contribution in [2.75, 3.05) is 14.1 Å². The topological polar surface area (TPSA) is 104 Å². The maximum atomic E-state index is 8.49. The molecule has 0 saturated heterocycles.